The number of halogens is 1. The van der Waals surface area contributed by atoms with Crippen LogP contribution in [0.2, 0.25) is 0 Å². The number of benzene rings is 1. The highest BCUT2D eigenvalue weighted by Crippen LogP contribution is 2.22. The van der Waals surface area contributed by atoms with E-state index in [9.17, 15) is 19.3 Å². The number of rotatable bonds is 5. The van der Waals surface area contributed by atoms with Crippen molar-refractivity contribution in [1.82, 2.24) is 10.3 Å². The molecule has 0 atom stereocenters. The standard InChI is InChI=1S/C16H16FN5O3/c17-13-7-11(1-3-14(13)21-6-5-18-16(23)10-21)8-19-15-4-2-12(9-20-15)22(24)25/h1-4,7,9H,5-6,8,10H2,(H,18,23)(H,19,20). The van der Waals surface area contributed by atoms with Gasteiger partial charge in [-0.15, -0.1) is 0 Å². The van der Waals surface area contributed by atoms with E-state index in [2.05, 4.69) is 15.6 Å². The van der Waals surface area contributed by atoms with Gasteiger partial charge in [-0.3, -0.25) is 14.9 Å². The average molecular weight is 345 g/mol. The molecule has 1 fully saturated rings. The summed E-state index contributed by atoms with van der Waals surface area (Å²) in [6, 6.07) is 7.66. The third-order valence-corrected chi connectivity index (χ3v) is 3.82. The zero-order valence-electron chi connectivity index (χ0n) is 13.2. The fourth-order valence-electron chi connectivity index (χ4n) is 2.55. The quantitative estimate of drug-likeness (QED) is 0.632. The van der Waals surface area contributed by atoms with Crippen LogP contribution in [0.4, 0.5) is 21.6 Å². The predicted octanol–water partition coefficient (Wildman–Crippen LogP) is 1.68. The first-order valence-electron chi connectivity index (χ1n) is 7.67. The Morgan fingerprint density at radius 3 is 2.84 bits per heavy atom. The highest BCUT2D eigenvalue weighted by atomic mass is 19.1. The van der Waals surface area contributed by atoms with Crippen LogP contribution in [-0.4, -0.2) is 35.4 Å². The highest BCUT2D eigenvalue weighted by Gasteiger charge is 2.19. The number of pyridine rings is 1. The number of nitrogens with one attached hydrogen (secondary N) is 2. The molecule has 25 heavy (non-hydrogen) atoms. The number of anilines is 2. The Kier molecular flexibility index (Phi) is 4.73. The van der Waals surface area contributed by atoms with Gasteiger partial charge in [0.15, 0.2) is 0 Å². The molecule has 3 rings (SSSR count). The number of carbonyl (C=O) groups excluding carboxylic acids is 1. The molecule has 8 nitrogen and oxygen atoms in total. The van der Waals surface area contributed by atoms with E-state index in [1.807, 2.05) is 0 Å². The lowest BCUT2D eigenvalue weighted by atomic mass is 10.1. The molecule has 0 bridgehead atoms. The van der Waals surface area contributed by atoms with E-state index in [1.54, 1.807) is 17.0 Å². The Morgan fingerprint density at radius 1 is 1.36 bits per heavy atom. The molecule has 1 aliphatic heterocycles. The third-order valence-electron chi connectivity index (χ3n) is 3.82. The summed E-state index contributed by atoms with van der Waals surface area (Å²) in [7, 11) is 0. The van der Waals surface area contributed by atoms with Crippen LogP contribution in [0, 0.1) is 15.9 Å². The monoisotopic (exact) mass is 345 g/mol. The van der Waals surface area contributed by atoms with Gasteiger partial charge in [-0.25, -0.2) is 9.37 Å². The fraction of sp³-hybridized carbons (Fsp3) is 0.250. The van der Waals surface area contributed by atoms with Crippen molar-refractivity contribution in [2.24, 2.45) is 0 Å². The molecule has 0 unspecified atom stereocenters. The summed E-state index contributed by atoms with van der Waals surface area (Å²) >= 11 is 0. The number of nitro groups is 1. The summed E-state index contributed by atoms with van der Waals surface area (Å²) in [5.74, 6) is -0.0610. The van der Waals surface area contributed by atoms with Crippen molar-refractivity contribution in [2.75, 3.05) is 29.9 Å². The van der Waals surface area contributed by atoms with E-state index in [0.29, 0.717) is 36.7 Å². The second-order valence-electron chi connectivity index (χ2n) is 5.57. The van der Waals surface area contributed by atoms with Crippen molar-refractivity contribution >= 4 is 23.1 Å². The van der Waals surface area contributed by atoms with Crippen molar-refractivity contribution in [2.45, 2.75) is 6.54 Å². The summed E-state index contributed by atoms with van der Waals surface area (Å²) in [5.41, 5.74) is 1.00. The van der Waals surface area contributed by atoms with Gasteiger partial charge in [0, 0.05) is 25.7 Å². The molecule has 2 heterocycles. The van der Waals surface area contributed by atoms with Crippen molar-refractivity contribution in [1.29, 1.82) is 0 Å². The summed E-state index contributed by atoms with van der Waals surface area (Å²) in [6.45, 7) is 1.52. The molecule has 0 aliphatic carbocycles. The second kappa shape index (κ2) is 7.12. The molecule has 1 aromatic heterocycles. The maximum Gasteiger partial charge on any atom is 0.287 e. The zero-order valence-corrected chi connectivity index (χ0v) is 13.2. The van der Waals surface area contributed by atoms with Crippen LogP contribution in [-0.2, 0) is 11.3 Å². The minimum atomic E-state index is -0.522. The molecular weight excluding hydrogens is 329 g/mol. The Labute approximate surface area is 142 Å². The van der Waals surface area contributed by atoms with Crippen LogP contribution in [0.3, 0.4) is 0 Å². The maximum absolute atomic E-state index is 14.3. The van der Waals surface area contributed by atoms with Gasteiger partial charge < -0.3 is 15.5 Å². The van der Waals surface area contributed by atoms with E-state index in [4.69, 9.17) is 0 Å². The number of nitrogens with zero attached hydrogens (tertiary/aromatic N) is 3. The van der Waals surface area contributed by atoms with Crippen LogP contribution in [0.5, 0.6) is 0 Å². The molecule has 0 spiro atoms. The Balaban J connectivity index is 1.64. The number of amides is 1. The predicted molar refractivity (Wildman–Crippen MR) is 89.8 cm³/mol. The van der Waals surface area contributed by atoms with Gasteiger partial charge >= 0.3 is 0 Å². The summed E-state index contributed by atoms with van der Waals surface area (Å²) in [5, 5.41) is 16.3. The molecular formula is C16H16FN5O3. The van der Waals surface area contributed by atoms with Gasteiger partial charge in [-0.2, -0.15) is 0 Å². The summed E-state index contributed by atoms with van der Waals surface area (Å²) in [4.78, 5) is 27.1. The molecule has 9 heteroatoms. The SMILES string of the molecule is O=C1CN(c2ccc(CNc3ccc([N+](=O)[O-])cn3)cc2F)CCN1. The summed E-state index contributed by atoms with van der Waals surface area (Å²) in [6.07, 6.45) is 1.16. The van der Waals surface area contributed by atoms with Gasteiger partial charge in [0.25, 0.3) is 5.69 Å². The molecule has 0 radical (unpaired) electrons. The molecule has 2 N–H and O–H groups in total. The first-order valence-corrected chi connectivity index (χ1v) is 7.67. The van der Waals surface area contributed by atoms with Crippen molar-refractivity contribution < 1.29 is 14.1 Å². The van der Waals surface area contributed by atoms with E-state index >= 15 is 0 Å². The number of hydrogen-bond acceptors (Lipinski definition) is 6. The molecule has 2 aromatic rings. The van der Waals surface area contributed by atoms with Crippen molar-refractivity contribution in [3.05, 3.63) is 58.0 Å². The highest BCUT2D eigenvalue weighted by molar-refractivity contribution is 5.82. The van der Waals surface area contributed by atoms with Gasteiger partial charge in [-0.05, 0) is 23.8 Å². The Bertz CT molecular complexity index is 797. The van der Waals surface area contributed by atoms with E-state index < -0.39 is 10.7 Å². The number of piperazine rings is 1. The molecule has 130 valence electrons. The number of aromatic nitrogens is 1. The Morgan fingerprint density at radius 2 is 2.20 bits per heavy atom. The minimum Gasteiger partial charge on any atom is -0.366 e. The van der Waals surface area contributed by atoms with Crippen LogP contribution < -0.4 is 15.5 Å². The van der Waals surface area contributed by atoms with Crippen LogP contribution >= 0.6 is 0 Å². The Hall–Kier alpha value is -3.23. The normalized spacial score (nSPS) is 14.1. The molecule has 1 aromatic carbocycles. The van der Waals surface area contributed by atoms with E-state index in [1.165, 1.54) is 18.2 Å². The molecule has 0 saturated carbocycles. The smallest absolute Gasteiger partial charge is 0.287 e. The van der Waals surface area contributed by atoms with Gasteiger partial charge in [0.1, 0.15) is 17.8 Å². The lowest BCUT2D eigenvalue weighted by Crippen LogP contribution is -2.48. The van der Waals surface area contributed by atoms with Gasteiger partial charge in [-0.1, -0.05) is 6.07 Å². The fourth-order valence-corrected chi connectivity index (χ4v) is 2.55. The molecule has 1 saturated heterocycles. The van der Waals surface area contributed by atoms with Crippen LogP contribution in [0.25, 0.3) is 0 Å². The van der Waals surface area contributed by atoms with Gasteiger partial charge in [0.05, 0.1) is 17.2 Å². The second-order valence-corrected chi connectivity index (χ2v) is 5.57. The lowest BCUT2D eigenvalue weighted by Gasteiger charge is -2.29. The summed E-state index contributed by atoms with van der Waals surface area (Å²) < 4.78 is 14.3. The first kappa shape index (κ1) is 16.6. The van der Waals surface area contributed by atoms with E-state index in [-0.39, 0.29) is 18.1 Å². The van der Waals surface area contributed by atoms with Crippen molar-refractivity contribution in [3.63, 3.8) is 0 Å². The topological polar surface area (TPSA) is 100 Å². The average Bonchev–Trinajstić information content (AvgIpc) is 2.60. The van der Waals surface area contributed by atoms with Crippen LogP contribution in [0.15, 0.2) is 36.5 Å². The van der Waals surface area contributed by atoms with E-state index in [0.717, 1.165) is 6.20 Å². The molecule has 1 aliphatic rings. The van der Waals surface area contributed by atoms with Gasteiger partial charge in [0.2, 0.25) is 5.91 Å². The largest absolute Gasteiger partial charge is 0.366 e. The minimum absolute atomic E-state index is 0.0912. The maximum atomic E-state index is 14.3. The first-order chi connectivity index (χ1) is 12.0. The zero-order chi connectivity index (χ0) is 17.8. The number of hydrogen-bond donors (Lipinski definition) is 2. The third kappa shape index (κ3) is 4.00. The molecule has 1 amide bonds. The lowest BCUT2D eigenvalue weighted by molar-refractivity contribution is -0.385. The van der Waals surface area contributed by atoms with Crippen LogP contribution in [0.1, 0.15) is 5.56 Å². The van der Waals surface area contributed by atoms with Crippen molar-refractivity contribution in [3.8, 4) is 0 Å². The number of carbonyl (C=O) groups is 1.